The van der Waals surface area contributed by atoms with Crippen LogP contribution in [0.2, 0.25) is 0 Å². The van der Waals surface area contributed by atoms with E-state index in [9.17, 15) is 0 Å². The van der Waals surface area contributed by atoms with Crippen molar-refractivity contribution in [3.63, 3.8) is 0 Å². The number of aryl methyl sites for hydroxylation is 2. The topological polar surface area (TPSA) is 43.9 Å². The lowest BCUT2D eigenvalue weighted by molar-refractivity contribution is 0.537. The molecule has 0 unspecified atom stereocenters. The van der Waals surface area contributed by atoms with Crippen molar-refractivity contribution in [1.82, 2.24) is 14.5 Å². The first-order chi connectivity index (χ1) is 10.7. The zero-order chi connectivity index (χ0) is 15.5. The van der Waals surface area contributed by atoms with Gasteiger partial charge in [-0.1, -0.05) is 6.92 Å². The summed E-state index contributed by atoms with van der Waals surface area (Å²) in [6, 6.07) is 8.28. The Morgan fingerprint density at radius 1 is 1.23 bits per heavy atom. The molecule has 1 aromatic carbocycles. The molecule has 0 spiro atoms. The molecule has 3 rings (SSSR count). The SMILES string of the molecule is CCc1nccn1Cc1nc(-c2ccc(SC)cc2)oc1C. The number of thioether (sulfide) groups is 1. The fourth-order valence-corrected chi connectivity index (χ4v) is 2.80. The predicted octanol–water partition coefficient (Wildman–Crippen LogP) is 4.18. The molecule has 0 radical (unpaired) electrons. The van der Waals surface area contributed by atoms with E-state index in [-0.39, 0.29) is 0 Å². The fraction of sp³-hybridized carbons (Fsp3) is 0.294. The highest BCUT2D eigenvalue weighted by Gasteiger charge is 2.13. The summed E-state index contributed by atoms with van der Waals surface area (Å²) in [6.45, 7) is 4.76. The summed E-state index contributed by atoms with van der Waals surface area (Å²) in [5, 5.41) is 0. The molecule has 0 fully saturated rings. The normalized spacial score (nSPS) is 11.0. The van der Waals surface area contributed by atoms with Gasteiger partial charge in [0.15, 0.2) is 0 Å². The largest absolute Gasteiger partial charge is 0.441 e. The van der Waals surface area contributed by atoms with Gasteiger partial charge < -0.3 is 8.98 Å². The Balaban J connectivity index is 1.87. The van der Waals surface area contributed by atoms with Crippen molar-refractivity contribution in [3.05, 3.63) is 53.9 Å². The maximum Gasteiger partial charge on any atom is 0.226 e. The van der Waals surface area contributed by atoms with E-state index in [2.05, 4.69) is 52.0 Å². The van der Waals surface area contributed by atoms with E-state index in [1.807, 2.05) is 19.3 Å². The molecule has 0 aliphatic carbocycles. The van der Waals surface area contributed by atoms with Gasteiger partial charge >= 0.3 is 0 Å². The van der Waals surface area contributed by atoms with Crippen LogP contribution in [0.15, 0.2) is 46.0 Å². The van der Waals surface area contributed by atoms with Gasteiger partial charge in [0.2, 0.25) is 5.89 Å². The maximum absolute atomic E-state index is 5.84. The van der Waals surface area contributed by atoms with Crippen LogP contribution in [0.1, 0.15) is 24.2 Å². The molecule has 4 nitrogen and oxygen atoms in total. The Morgan fingerprint density at radius 2 is 2.00 bits per heavy atom. The maximum atomic E-state index is 5.84. The number of hydrogen-bond donors (Lipinski definition) is 0. The number of benzene rings is 1. The standard InChI is InChI=1S/C17H19N3OS/c1-4-16-18-9-10-20(16)11-15-12(2)21-17(19-15)13-5-7-14(22-3)8-6-13/h5-10H,4,11H2,1-3H3. The summed E-state index contributed by atoms with van der Waals surface area (Å²) < 4.78 is 7.96. The van der Waals surface area contributed by atoms with Gasteiger partial charge in [-0.05, 0) is 37.4 Å². The fourth-order valence-electron chi connectivity index (χ4n) is 2.39. The first kappa shape index (κ1) is 14.9. The van der Waals surface area contributed by atoms with Crippen LogP contribution in [0, 0.1) is 6.92 Å². The molecule has 0 saturated heterocycles. The molecule has 0 amide bonds. The monoisotopic (exact) mass is 313 g/mol. The minimum Gasteiger partial charge on any atom is -0.441 e. The molecule has 0 atom stereocenters. The molecule has 0 aliphatic rings. The first-order valence-corrected chi connectivity index (χ1v) is 8.54. The molecule has 114 valence electrons. The van der Waals surface area contributed by atoms with Crippen LogP contribution < -0.4 is 0 Å². The Bertz CT molecular complexity index is 759. The predicted molar refractivity (Wildman–Crippen MR) is 89.2 cm³/mol. The number of rotatable bonds is 5. The Morgan fingerprint density at radius 3 is 2.68 bits per heavy atom. The van der Waals surface area contributed by atoms with Crippen molar-refractivity contribution in [3.8, 4) is 11.5 Å². The summed E-state index contributed by atoms with van der Waals surface area (Å²) in [5.74, 6) is 2.60. The Hall–Kier alpha value is -2.01. The van der Waals surface area contributed by atoms with Crippen molar-refractivity contribution in [2.75, 3.05) is 6.26 Å². The molecule has 0 N–H and O–H groups in total. The lowest BCUT2D eigenvalue weighted by Gasteiger charge is -2.03. The van der Waals surface area contributed by atoms with Crippen LogP contribution in [-0.2, 0) is 13.0 Å². The first-order valence-electron chi connectivity index (χ1n) is 7.32. The number of hydrogen-bond acceptors (Lipinski definition) is 4. The van der Waals surface area contributed by atoms with E-state index in [0.29, 0.717) is 12.4 Å². The van der Waals surface area contributed by atoms with E-state index in [0.717, 1.165) is 29.3 Å². The molecule has 3 aromatic rings. The number of imidazole rings is 1. The van der Waals surface area contributed by atoms with Crippen LogP contribution in [0.4, 0.5) is 0 Å². The zero-order valence-electron chi connectivity index (χ0n) is 13.0. The highest BCUT2D eigenvalue weighted by atomic mass is 32.2. The lowest BCUT2D eigenvalue weighted by atomic mass is 10.2. The van der Waals surface area contributed by atoms with Crippen LogP contribution in [-0.4, -0.2) is 20.8 Å². The second-order valence-electron chi connectivity index (χ2n) is 5.08. The van der Waals surface area contributed by atoms with Crippen molar-refractivity contribution >= 4 is 11.8 Å². The second kappa shape index (κ2) is 6.40. The van der Waals surface area contributed by atoms with E-state index in [1.165, 1.54) is 4.90 Å². The van der Waals surface area contributed by atoms with Gasteiger partial charge in [-0.2, -0.15) is 0 Å². The minimum atomic E-state index is 0.679. The summed E-state index contributed by atoms with van der Waals surface area (Å²) in [4.78, 5) is 10.2. The van der Waals surface area contributed by atoms with Gasteiger partial charge in [0, 0.05) is 29.3 Å². The average Bonchev–Trinajstić information content (AvgIpc) is 3.15. The quantitative estimate of drug-likeness (QED) is 0.663. The van der Waals surface area contributed by atoms with Gasteiger partial charge in [-0.25, -0.2) is 9.97 Å². The van der Waals surface area contributed by atoms with Crippen molar-refractivity contribution < 1.29 is 4.42 Å². The average molecular weight is 313 g/mol. The molecule has 2 heterocycles. The molecule has 2 aromatic heterocycles. The Labute approximate surface area is 134 Å². The third-order valence-corrected chi connectivity index (χ3v) is 4.41. The summed E-state index contributed by atoms with van der Waals surface area (Å²) in [7, 11) is 0. The summed E-state index contributed by atoms with van der Waals surface area (Å²) in [6.07, 6.45) is 6.79. The number of oxazole rings is 1. The van der Waals surface area contributed by atoms with E-state index >= 15 is 0 Å². The van der Waals surface area contributed by atoms with E-state index < -0.39 is 0 Å². The zero-order valence-corrected chi connectivity index (χ0v) is 13.9. The molecule has 5 heteroatoms. The van der Waals surface area contributed by atoms with Gasteiger partial charge in [-0.3, -0.25) is 0 Å². The molecular weight excluding hydrogens is 294 g/mol. The van der Waals surface area contributed by atoms with Crippen LogP contribution >= 0.6 is 11.8 Å². The van der Waals surface area contributed by atoms with E-state index in [4.69, 9.17) is 4.42 Å². The highest BCUT2D eigenvalue weighted by molar-refractivity contribution is 7.98. The van der Waals surface area contributed by atoms with E-state index in [1.54, 1.807) is 11.8 Å². The van der Waals surface area contributed by atoms with Crippen molar-refractivity contribution in [1.29, 1.82) is 0 Å². The third kappa shape index (κ3) is 2.95. The van der Waals surface area contributed by atoms with Crippen LogP contribution in [0.25, 0.3) is 11.5 Å². The van der Waals surface area contributed by atoms with Crippen molar-refractivity contribution in [2.24, 2.45) is 0 Å². The van der Waals surface area contributed by atoms with Crippen molar-refractivity contribution in [2.45, 2.75) is 31.7 Å². The molecule has 22 heavy (non-hydrogen) atoms. The second-order valence-corrected chi connectivity index (χ2v) is 5.95. The van der Waals surface area contributed by atoms with Crippen LogP contribution in [0.3, 0.4) is 0 Å². The highest BCUT2D eigenvalue weighted by Crippen LogP contribution is 2.25. The lowest BCUT2D eigenvalue weighted by Crippen LogP contribution is -2.04. The smallest absolute Gasteiger partial charge is 0.226 e. The molecular formula is C17H19N3OS. The van der Waals surface area contributed by atoms with Crippen LogP contribution in [0.5, 0.6) is 0 Å². The number of nitrogens with zero attached hydrogens (tertiary/aromatic N) is 3. The van der Waals surface area contributed by atoms with Gasteiger partial charge in [0.1, 0.15) is 17.3 Å². The minimum absolute atomic E-state index is 0.679. The summed E-state index contributed by atoms with van der Waals surface area (Å²) >= 11 is 1.73. The Kier molecular flexibility index (Phi) is 4.34. The number of aromatic nitrogens is 3. The molecule has 0 aliphatic heterocycles. The van der Waals surface area contributed by atoms with Gasteiger partial charge in [-0.15, -0.1) is 11.8 Å². The summed E-state index contributed by atoms with van der Waals surface area (Å²) in [5.41, 5.74) is 1.96. The van der Waals surface area contributed by atoms with Gasteiger partial charge in [0.25, 0.3) is 0 Å². The molecule has 0 bridgehead atoms. The molecule has 0 saturated carbocycles. The third-order valence-electron chi connectivity index (χ3n) is 3.67. The van der Waals surface area contributed by atoms with Gasteiger partial charge in [0.05, 0.1) is 6.54 Å².